The summed E-state index contributed by atoms with van der Waals surface area (Å²) in [7, 11) is -2.86. The van der Waals surface area contributed by atoms with Crippen LogP contribution in [0.3, 0.4) is 0 Å². The van der Waals surface area contributed by atoms with Crippen LogP contribution in [0.2, 0.25) is 0 Å². The van der Waals surface area contributed by atoms with Crippen LogP contribution in [0.15, 0.2) is 77.7 Å². The zero-order chi connectivity index (χ0) is 22.4. The van der Waals surface area contributed by atoms with Crippen LogP contribution >= 0.6 is 0 Å². The number of ether oxygens (including phenoxy) is 1. The minimum Gasteiger partial charge on any atom is -0.495 e. The van der Waals surface area contributed by atoms with Crippen LogP contribution < -0.4 is 14.4 Å². The Morgan fingerprint density at radius 1 is 0.968 bits per heavy atom. The van der Waals surface area contributed by atoms with Crippen LogP contribution in [0.1, 0.15) is 5.56 Å². The van der Waals surface area contributed by atoms with Crippen molar-refractivity contribution in [1.29, 1.82) is 0 Å². The van der Waals surface area contributed by atoms with Crippen LogP contribution in [0.5, 0.6) is 5.75 Å². The third-order valence-electron chi connectivity index (χ3n) is 4.48. The van der Waals surface area contributed by atoms with E-state index in [1.54, 1.807) is 24.3 Å². The summed E-state index contributed by atoms with van der Waals surface area (Å²) in [5, 5.41) is 2.52. The quantitative estimate of drug-likeness (QED) is 0.575. The number of benzene rings is 3. The third kappa shape index (κ3) is 5.18. The van der Waals surface area contributed by atoms with E-state index in [2.05, 4.69) is 5.32 Å². The number of sulfonamides is 1. The first-order chi connectivity index (χ1) is 14.8. The summed E-state index contributed by atoms with van der Waals surface area (Å²) in [4.78, 5) is 12.4. The van der Waals surface area contributed by atoms with Gasteiger partial charge >= 0.3 is 0 Å². The minimum atomic E-state index is -4.24. The molecule has 0 saturated carbocycles. The van der Waals surface area contributed by atoms with Gasteiger partial charge in [0.1, 0.15) is 23.9 Å². The molecule has 162 valence electrons. The highest BCUT2D eigenvalue weighted by atomic mass is 32.2. The molecule has 1 N–H and O–H groups in total. The van der Waals surface area contributed by atoms with Crippen molar-refractivity contribution in [3.05, 3.63) is 90.0 Å². The number of rotatable bonds is 8. The van der Waals surface area contributed by atoms with Crippen molar-refractivity contribution in [1.82, 2.24) is 5.32 Å². The van der Waals surface area contributed by atoms with E-state index < -0.39 is 34.1 Å². The molecular formula is C22H20F2N2O4S. The average molecular weight is 446 g/mol. The molecule has 3 aromatic carbocycles. The second kappa shape index (κ2) is 9.57. The van der Waals surface area contributed by atoms with Gasteiger partial charge in [-0.2, -0.15) is 0 Å². The summed E-state index contributed by atoms with van der Waals surface area (Å²) < 4.78 is 59.8. The lowest BCUT2D eigenvalue weighted by Gasteiger charge is -2.25. The number of carbonyl (C=O) groups excluding carboxylic acids is 1. The fourth-order valence-corrected chi connectivity index (χ4v) is 4.32. The highest BCUT2D eigenvalue weighted by Crippen LogP contribution is 2.32. The summed E-state index contributed by atoms with van der Waals surface area (Å²) in [5.41, 5.74) is 0.399. The molecule has 0 aliphatic carbocycles. The topological polar surface area (TPSA) is 75.7 Å². The molecule has 1 amide bonds. The molecule has 3 aromatic rings. The molecule has 0 bridgehead atoms. The minimum absolute atomic E-state index is 0.109. The summed E-state index contributed by atoms with van der Waals surface area (Å²) in [5.74, 6) is -1.50. The first kappa shape index (κ1) is 22.2. The number of nitrogens with zero attached hydrogens (tertiary/aromatic N) is 1. The average Bonchev–Trinajstić information content (AvgIpc) is 2.77. The van der Waals surface area contributed by atoms with Crippen molar-refractivity contribution in [2.24, 2.45) is 0 Å². The van der Waals surface area contributed by atoms with E-state index in [0.717, 1.165) is 28.6 Å². The maximum atomic E-state index is 13.8. The van der Waals surface area contributed by atoms with Gasteiger partial charge in [-0.25, -0.2) is 17.2 Å². The summed E-state index contributed by atoms with van der Waals surface area (Å²) in [6.07, 6.45) is 0. The smallest absolute Gasteiger partial charge is 0.264 e. The molecule has 3 rings (SSSR count). The van der Waals surface area contributed by atoms with E-state index in [4.69, 9.17) is 4.74 Å². The maximum absolute atomic E-state index is 13.8. The van der Waals surface area contributed by atoms with Gasteiger partial charge in [0.25, 0.3) is 10.0 Å². The number of para-hydroxylation sites is 2. The first-order valence-electron chi connectivity index (χ1n) is 9.24. The molecule has 0 fully saturated rings. The van der Waals surface area contributed by atoms with E-state index in [9.17, 15) is 22.0 Å². The van der Waals surface area contributed by atoms with E-state index in [0.29, 0.717) is 0 Å². The SMILES string of the molecule is COc1ccccc1N(CC(=O)NCc1ccccc1F)S(=O)(=O)c1ccc(F)cc1. The summed E-state index contributed by atoms with van der Waals surface area (Å²) in [6.45, 7) is -0.698. The Hall–Kier alpha value is -3.46. The van der Waals surface area contributed by atoms with Crippen LogP contribution in [0.25, 0.3) is 0 Å². The monoisotopic (exact) mass is 446 g/mol. The van der Waals surface area contributed by atoms with Crippen LogP contribution in [-0.4, -0.2) is 28.0 Å². The van der Waals surface area contributed by atoms with Gasteiger partial charge in [0, 0.05) is 12.1 Å². The van der Waals surface area contributed by atoms with Gasteiger partial charge in [-0.1, -0.05) is 30.3 Å². The van der Waals surface area contributed by atoms with Gasteiger partial charge in [-0.15, -0.1) is 0 Å². The predicted molar refractivity (Wildman–Crippen MR) is 112 cm³/mol. The highest BCUT2D eigenvalue weighted by Gasteiger charge is 2.29. The Morgan fingerprint density at radius 3 is 2.29 bits per heavy atom. The molecule has 0 aliphatic heterocycles. The van der Waals surface area contributed by atoms with Gasteiger partial charge in [0.05, 0.1) is 17.7 Å². The molecule has 31 heavy (non-hydrogen) atoms. The third-order valence-corrected chi connectivity index (χ3v) is 6.25. The summed E-state index contributed by atoms with van der Waals surface area (Å²) >= 11 is 0. The van der Waals surface area contributed by atoms with Gasteiger partial charge in [0.2, 0.25) is 5.91 Å². The molecule has 0 aromatic heterocycles. The number of methoxy groups -OCH3 is 1. The van der Waals surface area contributed by atoms with Crippen molar-refractivity contribution >= 4 is 21.6 Å². The van der Waals surface area contributed by atoms with Crippen molar-refractivity contribution in [3.63, 3.8) is 0 Å². The Kier molecular flexibility index (Phi) is 6.86. The Bertz CT molecular complexity index is 1170. The Labute approximate surface area is 179 Å². The maximum Gasteiger partial charge on any atom is 0.264 e. The van der Waals surface area contributed by atoms with Gasteiger partial charge < -0.3 is 10.1 Å². The fourth-order valence-electron chi connectivity index (χ4n) is 2.89. The second-order valence-electron chi connectivity index (χ2n) is 6.51. The van der Waals surface area contributed by atoms with E-state index in [1.807, 2.05) is 0 Å². The molecule has 0 spiro atoms. The van der Waals surface area contributed by atoms with E-state index >= 15 is 0 Å². The number of halogens is 2. The largest absolute Gasteiger partial charge is 0.495 e. The zero-order valence-corrected chi connectivity index (χ0v) is 17.4. The standard InChI is InChI=1S/C22H20F2N2O4S/c1-30-21-9-5-4-8-20(21)26(31(28,29)18-12-10-17(23)11-13-18)15-22(27)25-14-16-6-2-3-7-19(16)24/h2-13H,14-15H2,1H3,(H,25,27). The molecule has 0 atom stereocenters. The van der Waals surface area contributed by atoms with Crippen molar-refractivity contribution < 1.29 is 26.7 Å². The lowest BCUT2D eigenvalue weighted by molar-refractivity contribution is -0.119. The first-order valence-corrected chi connectivity index (χ1v) is 10.7. The fraction of sp³-hybridized carbons (Fsp3) is 0.136. The normalized spacial score (nSPS) is 11.1. The van der Waals surface area contributed by atoms with Crippen LogP contribution in [-0.2, 0) is 21.4 Å². The zero-order valence-electron chi connectivity index (χ0n) is 16.6. The van der Waals surface area contributed by atoms with Crippen LogP contribution in [0.4, 0.5) is 14.5 Å². The van der Waals surface area contributed by atoms with Crippen molar-refractivity contribution in [3.8, 4) is 5.75 Å². The Morgan fingerprint density at radius 2 is 1.61 bits per heavy atom. The predicted octanol–water partition coefficient (Wildman–Crippen LogP) is 3.49. The summed E-state index contributed by atoms with van der Waals surface area (Å²) in [6, 6.07) is 16.5. The highest BCUT2D eigenvalue weighted by molar-refractivity contribution is 7.92. The number of nitrogens with one attached hydrogen (secondary N) is 1. The molecule has 6 nitrogen and oxygen atoms in total. The van der Waals surface area contributed by atoms with E-state index in [-0.39, 0.29) is 28.4 Å². The molecular weight excluding hydrogens is 426 g/mol. The lowest BCUT2D eigenvalue weighted by Crippen LogP contribution is -2.41. The molecule has 0 radical (unpaired) electrons. The molecule has 0 unspecified atom stereocenters. The Balaban J connectivity index is 1.91. The van der Waals surface area contributed by atoms with Gasteiger partial charge in [-0.3, -0.25) is 9.10 Å². The molecule has 0 heterocycles. The van der Waals surface area contributed by atoms with Crippen LogP contribution in [0, 0.1) is 11.6 Å². The molecule has 0 saturated heterocycles. The number of carbonyl (C=O) groups is 1. The van der Waals surface area contributed by atoms with Crippen molar-refractivity contribution in [2.75, 3.05) is 18.0 Å². The van der Waals surface area contributed by atoms with Crippen molar-refractivity contribution in [2.45, 2.75) is 11.4 Å². The van der Waals surface area contributed by atoms with Gasteiger partial charge in [0.15, 0.2) is 0 Å². The molecule has 9 heteroatoms. The number of hydrogen-bond donors (Lipinski definition) is 1. The van der Waals surface area contributed by atoms with E-state index in [1.165, 1.54) is 31.4 Å². The van der Waals surface area contributed by atoms with Gasteiger partial charge in [-0.05, 0) is 42.5 Å². The lowest BCUT2D eigenvalue weighted by atomic mass is 10.2. The number of hydrogen-bond acceptors (Lipinski definition) is 4. The number of amides is 1. The number of anilines is 1. The molecule has 0 aliphatic rings. The second-order valence-corrected chi connectivity index (χ2v) is 8.37.